The van der Waals surface area contributed by atoms with E-state index in [0.717, 1.165) is 24.1 Å². The first kappa shape index (κ1) is 20.2. The Labute approximate surface area is 174 Å². The quantitative estimate of drug-likeness (QED) is 0.530. The van der Waals surface area contributed by atoms with Gasteiger partial charge in [-0.2, -0.15) is 5.10 Å². The molecule has 3 aromatic rings. The molecule has 7 heteroatoms. The molecule has 0 radical (unpaired) electrons. The highest BCUT2D eigenvalue weighted by atomic mass is 35.5. The van der Waals surface area contributed by atoms with Gasteiger partial charge in [0.1, 0.15) is 12.4 Å². The van der Waals surface area contributed by atoms with Crippen LogP contribution < -0.4 is 10.1 Å². The van der Waals surface area contributed by atoms with Crippen LogP contribution in [0.25, 0.3) is 0 Å². The van der Waals surface area contributed by atoms with E-state index in [-0.39, 0.29) is 5.91 Å². The zero-order chi connectivity index (χ0) is 19.9. The van der Waals surface area contributed by atoms with Gasteiger partial charge in [-0.05, 0) is 54.8 Å². The van der Waals surface area contributed by atoms with E-state index < -0.39 is 0 Å². The Morgan fingerprint density at radius 3 is 2.82 bits per heavy atom. The minimum Gasteiger partial charge on any atom is -0.487 e. The standard InChI is InChI=1S/C21H21Cl2N3O2/c1-15-12-25-26(13-15)9-3-8-24-21(27)17-5-2-4-16(10-17)14-28-20-7-6-18(22)11-19(20)23/h2,4-7,10-13H,3,8-9,14H2,1H3,(H,24,27). The molecule has 28 heavy (non-hydrogen) atoms. The Morgan fingerprint density at radius 1 is 1.21 bits per heavy atom. The number of nitrogens with one attached hydrogen (secondary N) is 1. The molecule has 0 aliphatic heterocycles. The number of hydrogen-bond donors (Lipinski definition) is 1. The summed E-state index contributed by atoms with van der Waals surface area (Å²) in [6.07, 6.45) is 4.62. The zero-order valence-corrected chi connectivity index (χ0v) is 17.0. The Morgan fingerprint density at radius 2 is 2.07 bits per heavy atom. The maximum absolute atomic E-state index is 12.4. The lowest BCUT2D eigenvalue weighted by Gasteiger charge is -2.10. The monoisotopic (exact) mass is 417 g/mol. The number of rotatable bonds is 8. The van der Waals surface area contributed by atoms with Crippen molar-refractivity contribution in [2.45, 2.75) is 26.5 Å². The van der Waals surface area contributed by atoms with Gasteiger partial charge in [-0.15, -0.1) is 0 Å². The van der Waals surface area contributed by atoms with Crippen LogP contribution in [0.5, 0.6) is 5.75 Å². The molecule has 0 saturated carbocycles. The third kappa shape index (κ3) is 5.75. The van der Waals surface area contributed by atoms with Crippen LogP contribution in [0.15, 0.2) is 54.9 Å². The molecule has 3 rings (SSSR count). The summed E-state index contributed by atoms with van der Waals surface area (Å²) in [4.78, 5) is 12.4. The van der Waals surface area contributed by atoms with Gasteiger partial charge in [-0.3, -0.25) is 9.48 Å². The van der Waals surface area contributed by atoms with Crippen molar-refractivity contribution in [1.29, 1.82) is 0 Å². The Bertz CT molecular complexity index is 956. The molecule has 5 nitrogen and oxygen atoms in total. The van der Waals surface area contributed by atoms with Gasteiger partial charge in [0.2, 0.25) is 0 Å². The van der Waals surface area contributed by atoms with E-state index in [1.807, 2.05) is 42.2 Å². The number of aryl methyl sites for hydroxylation is 2. The number of benzene rings is 2. The van der Waals surface area contributed by atoms with Crippen molar-refractivity contribution in [3.8, 4) is 5.75 Å². The molecule has 1 N–H and O–H groups in total. The summed E-state index contributed by atoms with van der Waals surface area (Å²) in [7, 11) is 0. The Hall–Kier alpha value is -2.50. The molecule has 0 bridgehead atoms. The van der Waals surface area contributed by atoms with Crippen LogP contribution >= 0.6 is 23.2 Å². The molecule has 1 heterocycles. The van der Waals surface area contributed by atoms with Gasteiger partial charge in [0, 0.05) is 29.9 Å². The van der Waals surface area contributed by atoms with Gasteiger partial charge in [0.15, 0.2) is 0 Å². The predicted octanol–water partition coefficient (Wildman–Crippen LogP) is 4.90. The Balaban J connectivity index is 1.49. The average Bonchev–Trinajstić information content (AvgIpc) is 3.10. The summed E-state index contributed by atoms with van der Waals surface area (Å²) in [6.45, 7) is 3.66. The van der Waals surface area contributed by atoms with Crippen LogP contribution in [-0.2, 0) is 13.2 Å². The number of hydrogen-bond acceptors (Lipinski definition) is 3. The van der Waals surface area contributed by atoms with Gasteiger partial charge < -0.3 is 10.1 Å². The highest BCUT2D eigenvalue weighted by Gasteiger charge is 2.07. The van der Waals surface area contributed by atoms with E-state index in [2.05, 4.69) is 10.4 Å². The van der Waals surface area contributed by atoms with Gasteiger partial charge in [-0.25, -0.2) is 0 Å². The number of nitrogens with zero attached hydrogens (tertiary/aromatic N) is 2. The normalized spacial score (nSPS) is 10.7. The highest BCUT2D eigenvalue weighted by Crippen LogP contribution is 2.28. The molecular weight excluding hydrogens is 397 g/mol. The van der Waals surface area contributed by atoms with Crippen molar-refractivity contribution in [1.82, 2.24) is 15.1 Å². The van der Waals surface area contributed by atoms with Crippen LogP contribution in [0.1, 0.15) is 27.9 Å². The fraction of sp³-hybridized carbons (Fsp3) is 0.238. The first-order valence-corrected chi connectivity index (χ1v) is 9.71. The van der Waals surface area contributed by atoms with Gasteiger partial charge >= 0.3 is 0 Å². The molecule has 1 amide bonds. The topological polar surface area (TPSA) is 56.2 Å². The van der Waals surface area contributed by atoms with Crippen molar-refractivity contribution in [2.75, 3.05) is 6.54 Å². The maximum Gasteiger partial charge on any atom is 0.251 e. The van der Waals surface area contributed by atoms with Crippen LogP contribution in [0.3, 0.4) is 0 Å². The minimum absolute atomic E-state index is 0.108. The number of ether oxygens (including phenoxy) is 1. The lowest BCUT2D eigenvalue weighted by molar-refractivity contribution is 0.0952. The largest absolute Gasteiger partial charge is 0.487 e. The second kappa shape index (κ2) is 9.62. The maximum atomic E-state index is 12.4. The molecule has 0 aliphatic carbocycles. The van der Waals surface area contributed by atoms with Crippen LogP contribution in [0.2, 0.25) is 10.0 Å². The highest BCUT2D eigenvalue weighted by molar-refractivity contribution is 6.35. The van der Waals surface area contributed by atoms with Crippen molar-refractivity contribution in [2.24, 2.45) is 0 Å². The predicted molar refractivity (Wildman–Crippen MR) is 111 cm³/mol. The van der Waals surface area contributed by atoms with Crippen LogP contribution in [-0.4, -0.2) is 22.2 Å². The number of aromatic nitrogens is 2. The molecule has 0 fully saturated rings. The fourth-order valence-electron chi connectivity index (χ4n) is 2.69. The minimum atomic E-state index is -0.108. The number of carbonyl (C=O) groups excluding carboxylic acids is 1. The SMILES string of the molecule is Cc1cnn(CCCNC(=O)c2cccc(COc3ccc(Cl)cc3Cl)c2)c1. The third-order valence-corrected chi connectivity index (χ3v) is 4.62. The van der Waals surface area contributed by atoms with Crippen molar-refractivity contribution < 1.29 is 9.53 Å². The van der Waals surface area contributed by atoms with Gasteiger partial charge in [-0.1, -0.05) is 35.3 Å². The molecule has 2 aromatic carbocycles. The molecule has 0 spiro atoms. The summed E-state index contributed by atoms with van der Waals surface area (Å²) in [5.74, 6) is 0.442. The number of carbonyl (C=O) groups is 1. The summed E-state index contributed by atoms with van der Waals surface area (Å²) in [5, 5.41) is 8.17. The molecule has 0 unspecified atom stereocenters. The van der Waals surface area contributed by atoms with Gasteiger partial charge in [0.05, 0.1) is 11.2 Å². The second-order valence-electron chi connectivity index (χ2n) is 6.45. The van der Waals surface area contributed by atoms with E-state index in [4.69, 9.17) is 27.9 Å². The molecule has 146 valence electrons. The van der Waals surface area contributed by atoms with Crippen LogP contribution in [0, 0.1) is 6.92 Å². The first-order chi connectivity index (χ1) is 13.5. The third-order valence-electron chi connectivity index (χ3n) is 4.09. The first-order valence-electron chi connectivity index (χ1n) is 8.95. The van der Waals surface area contributed by atoms with E-state index in [0.29, 0.717) is 34.5 Å². The summed E-state index contributed by atoms with van der Waals surface area (Å²) >= 11 is 12.0. The summed E-state index contributed by atoms with van der Waals surface area (Å²) in [5.41, 5.74) is 2.60. The number of halogens is 2. The Kier molecular flexibility index (Phi) is 6.95. The summed E-state index contributed by atoms with van der Waals surface area (Å²) in [6, 6.07) is 12.4. The fourth-order valence-corrected chi connectivity index (χ4v) is 3.15. The van der Waals surface area contributed by atoms with Crippen LogP contribution in [0.4, 0.5) is 0 Å². The molecular formula is C21H21Cl2N3O2. The lowest BCUT2D eigenvalue weighted by Crippen LogP contribution is -2.25. The lowest BCUT2D eigenvalue weighted by atomic mass is 10.1. The molecule has 1 aromatic heterocycles. The van der Waals surface area contributed by atoms with Crippen molar-refractivity contribution in [3.05, 3.63) is 81.6 Å². The molecule has 0 atom stereocenters. The van der Waals surface area contributed by atoms with Gasteiger partial charge in [0.25, 0.3) is 5.91 Å². The van der Waals surface area contributed by atoms with E-state index in [1.165, 1.54) is 0 Å². The van der Waals surface area contributed by atoms with Crippen molar-refractivity contribution >= 4 is 29.1 Å². The average molecular weight is 418 g/mol. The zero-order valence-electron chi connectivity index (χ0n) is 15.5. The molecule has 0 saturated heterocycles. The van der Waals surface area contributed by atoms with Crippen molar-refractivity contribution in [3.63, 3.8) is 0 Å². The van der Waals surface area contributed by atoms with E-state index in [1.54, 1.807) is 24.3 Å². The second-order valence-corrected chi connectivity index (χ2v) is 7.30. The van der Waals surface area contributed by atoms with E-state index >= 15 is 0 Å². The summed E-state index contributed by atoms with van der Waals surface area (Å²) < 4.78 is 7.61. The molecule has 0 aliphatic rings. The van der Waals surface area contributed by atoms with E-state index in [9.17, 15) is 4.79 Å². The number of amides is 1. The smallest absolute Gasteiger partial charge is 0.251 e.